The molecule has 5 nitrogen and oxygen atoms in total. The average Bonchev–Trinajstić information content (AvgIpc) is 2.58. The number of amides is 1. The van der Waals surface area contributed by atoms with Crippen molar-refractivity contribution in [3.05, 3.63) is 65.5 Å². The SMILES string of the molecule is Cc1ccccc1CNC(=O)CCCNS(=O)(=O)c1ccc(F)cc1. The predicted molar refractivity (Wildman–Crippen MR) is 93.8 cm³/mol. The number of rotatable bonds is 8. The quantitative estimate of drug-likeness (QED) is 0.707. The van der Waals surface area contributed by atoms with Gasteiger partial charge in [-0.15, -0.1) is 0 Å². The van der Waals surface area contributed by atoms with Crippen LogP contribution in [0.2, 0.25) is 0 Å². The fraction of sp³-hybridized carbons (Fsp3) is 0.278. The zero-order valence-corrected chi connectivity index (χ0v) is 14.8. The molecule has 0 heterocycles. The molecule has 2 rings (SSSR count). The molecule has 0 fully saturated rings. The van der Waals surface area contributed by atoms with Gasteiger partial charge in [0.25, 0.3) is 0 Å². The van der Waals surface area contributed by atoms with E-state index in [2.05, 4.69) is 10.0 Å². The highest BCUT2D eigenvalue weighted by atomic mass is 32.2. The molecule has 0 bridgehead atoms. The molecule has 0 aliphatic rings. The number of hydrogen-bond donors (Lipinski definition) is 2. The topological polar surface area (TPSA) is 75.3 Å². The standard InChI is InChI=1S/C18H21FN2O3S/c1-14-5-2-3-6-15(14)13-20-18(22)7-4-12-21-25(23,24)17-10-8-16(19)9-11-17/h2-3,5-6,8-11,21H,4,7,12-13H2,1H3,(H,20,22). The van der Waals surface area contributed by atoms with Crippen LogP contribution < -0.4 is 10.0 Å². The van der Waals surface area contributed by atoms with Gasteiger partial charge in [0.1, 0.15) is 5.82 Å². The number of hydrogen-bond acceptors (Lipinski definition) is 3. The van der Waals surface area contributed by atoms with E-state index in [9.17, 15) is 17.6 Å². The van der Waals surface area contributed by atoms with Gasteiger partial charge in [-0.1, -0.05) is 24.3 Å². The fourth-order valence-corrected chi connectivity index (χ4v) is 3.32. The summed E-state index contributed by atoms with van der Waals surface area (Å²) in [6, 6.07) is 12.4. The Kier molecular flexibility index (Phi) is 6.66. The maximum atomic E-state index is 12.8. The summed E-state index contributed by atoms with van der Waals surface area (Å²) in [7, 11) is -3.68. The van der Waals surface area contributed by atoms with Gasteiger partial charge in [0.15, 0.2) is 0 Å². The van der Waals surface area contributed by atoms with E-state index < -0.39 is 15.8 Å². The minimum atomic E-state index is -3.68. The molecule has 1 amide bonds. The lowest BCUT2D eigenvalue weighted by Crippen LogP contribution is -2.27. The molecule has 0 aliphatic heterocycles. The zero-order valence-electron chi connectivity index (χ0n) is 14.0. The molecule has 2 N–H and O–H groups in total. The van der Waals surface area contributed by atoms with Gasteiger partial charge >= 0.3 is 0 Å². The van der Waals surface area contributed by atoms with Crippen LogP contribution in [0.4, 0.5) is 4.39 Å². The van der Waals surface area contributed by atoms with E-state index in [1.54, 1.807) is 0 Å². The number of benzene rings is 2. The average molecular weight is 364 g/mol. The number of sulfonamides is 1. The van der Waals surface area contributed by atoms with Crippen molar-refractivity contribution in [3.8, 4) is 0 Å². The zero-order chi connectivity index (χ0) is 18.3. The normalized spacial score (nSPS) is 11.3. The third kappa shape index (κ3) is 5.95. The second-order valence-electron chi connectivity index (χ2n) is 5.66. The fourth-order valence-electron chi connectivity index (χ4n) is 2.24. The molecule has 0 atom stereocenters. The van der Waals surface area contributed by atoms with E-state index in [1.165, 1.54) is 12.1 Å². The van der Waals surface area contributed by atoms with Crippen LogP contribution in [-0.2, 0) is 21.4 Å². The summed E-state index contributed by atoms with van der Waals surface area (Å²) in [4.78, 5) is 11.8. The van der Waals surface area contributed by atoms with Crippen molar-refractivity contribution in [3.63, 3.8) is 0 Å². The maximum Gasteiger partial charge on any atom is 0.240 e. The van der Waals surface area contributed by atoms with Crippen molar-refractivity contribution >= 4 is 15.9 Å². The van der Waals surface area contributed by atoms with Gasteiger partial charge in [0, 0.05) is 19.5 Å². The largest absolute Gasteiger partial charge is 0.352 e. The van der Waals surface area contributed by atoms with Crippen LogP contribution in [0.25, 0.3) is 0 Å². The molecule has 0 radical (unpaired) electrons. The predicted octanol–water partition coefficient (Wildman–Crippen LogP) is 2.51. The molecule has 2 aromatic rings. The molecule has 25 heavy (non-hydrogen) atoms. The van der Waals surface area contributed by atoms with Crippen molar-refractivity contribution < 1.29 is 17.6 Å². The molecule has 7 heteroatoms. The van der Waals surface area contributed by atoms with Gasteiger partial charge in [-0.25, -0.2) is 17.5 Å². The van der Waals surface area contributed by atoms with Crippen LogP contribution in [0.3, 0.4) is 0 Å². The molecular formula is C18H21FN2O3S. The molecule has 0 saturated carbocycles. The summed E-state index contributed by atoms with van der Waals surface area (Å²) in [5.74, 6) is -0.631. The summed E-state index contributed by atoms with van der Waals surface area (Å²) >= 11 is 0. The van der Waals surface area contributed by atoms with Gasteiger partial charge in [0.2, 0.25) is 15.9 Å². The van der Waals surface area contributed by atoms with Crippen molar-refractivity contribution in [2.75, 3.05) is 6.54 Å². The molecule has 2 aromatic carbocycles. The first kappa shape index (κ1) is 19.1. The van der Waals surface area contributed by atoms with Crippen molar-refractivity contribution in [1.29, 1.82) is 0 Å². The van der Waals surface area contributed by atoms with Crippen LogP contribution in [0.15, 0.2) is 53.4 Å². The lowest BCUT2D eigenvalue weighted by atomic mass is 10.1. The van der Waals surface area contributed by atoms with E-state index in [0.717, 1.165) is 23.3 Å². The Balaban J connectivity index is 1.72. The number of carbonyl (C=O) groups is 1. The van der Waals surface area contributed by atoms with Crippen LogP contribution in [0.5, 0.6) is 0 Å². The number of aryl methyl sites for hydroxylation is 1. The maximum absolute atomic E-state index is 12.8. The van der Waals surface area contributed by atoms with E-state index in [4.69, 9.17) is 0 Å². The van der Waals surface area contributed by atoms with Gasteiger partial charge in [-0.05, 0) is 48.7 Å². The Bertz CT molecular complexity index is 820. The van der Waals surface area contributed by atoms with Crippen LogP contribution in [0, 0.1) is 12.7 Å². The smallest absolute Gasteiger partial charge is 0.240 e. The first-order chi connectivity index (χ1) is 11.9. The van der Waals surface area contributed by atoms with E-state index in [0.29, 0.717) is 13.0 Å². The van der Waals surface area contributed by atoms with Crippen molar-refractivity contribution in [1.82, 2.24) is 10.0 Å². The van der Waals surface area contributed by atoms with Crippen LogP contribution in [-0.4, -0.2) is 20.9 Å². The monoisotopic (exact) mass is 364 g/mol. The van der Waals surface area contributed by atoms with Crippen molar-refractivity contribution in [2.24, 2.45) is 0 Å². The molecule has 0 spiro atoms. The summed E-state index contributed by atoms with van der Waals surface area (Å²) in [5.41, 5.74) is 2.16. The highest BCUT2D eigenvalue weighted by Gasteiger charge is 2.13. The highest BCUT2D eigenvalue weighted by molar-refractivity contribution is 7.89. The van der Waals surface area contributed by atoms with Gasteiger partial charge in [-0.3, -0.25) is 4.79 Å². The third-order valence-corrected chi connectivity index (χ3v) is 5.21. The Morgan fingerprint density at radius 2 is 1.76 bits per heavy atom. The molecule has 0 aromatic heterocycles. The lowest BCUT2D eigenvalue weighted by molar-refractivity contribution is -0.121. The summed E-state index contributed by atoms with van der Waals surface area (Å²) in [6.07, 6.45) is 0.595. The van der Waals surface area contributed by atoms with Crippen molar-refractivity contribution in [2.45, 2.75) is 31.2 Å². The first-order valence-corrected chi connectivity index (χ1v) is 9.43. The van der Waals surface area contributed by atoms with Crippen LogP contribution >= 0.6 is 0 Å². The third-order valence-electron chi connectivity index (χ3n) is 3.73. The lowest BCUT2D eigenvalue weighted by Gasteiger charge is -2.09. The summed E-state index contributed by atoms with van der Waals surface area (Å²) < 4.78 is 39.2. The van der Waals surface area contributed by atoms with Gasteiger partial charge in [0.05, 0.1) is 4.90 Å². The Hall–Kier alpha value is -2.25. The molecule has 0 unspecified atom stereocenters. The summed E-state index contributed by atoms with van der Waals surface area (Å²) in [6.45, 7) is 2.57. The first-order valence-electron chi connectivity index (χ1n) is 7.95. The number of nitrogens with one attached hydrogen (secondary N) is 2. The molecule has 134 valence electrons. The van der Waals surface area contributed by atoms with Gasteiger partial charge < -0.3 is 5.32 Å². The van der Waals surface area contributed by atoms with Crippen LogP contribution in [0.1, 0.15) is 24.0 Å². The molecule has 0 saturated heterocycles. The minimum Gasteiger partial charge on any atom is -0.352 e. The Morgan fingerprint density at radius 1 is 1.08 bits per heavy atom. The second-order valence-corrected chi connectivity index (χ2v) is 7.43. The van der Waals surface area contributed by atoms with E-state index >= 15 is 0 Å². The minimum absolute atomic E-state index is 0.00194. The van der Waals surface area contributed by atoms with E-state index in [-0.39, 0.29) is 23.8 Å². The highest BCUT2D eigenvalue weighted by Crippen LogP contribution is 2.09. The number of halogens is 1. The van der Waals surface area contributed by atoms with Gasteiger partial charge in [-0.2, -0.15) is 0 Å². The Morgan fingerprint density at radius 3 is 2.44 bits per heavy atom. The summed E-state index contributed by atoms with van der Waals surface area (Å²) in [5, 5.41) is 2.82. The molecular weight excluding hydrogens is 343 g/mol. The van der Waals surface area contributed by atoms with E-state index in [1.807, 2.05) is 31.2 Å². The Labute approximate surface area is 147 Å². The molecule has 0 aliphatic carbocycles. The second kappa shape index (κ2) is 8.73. The number of carbonyl (C=O) groups excluding carboxylic acids is 1.